The Balaban J connectivity index is 1.51. The van der Waals surface area contributed by atoms with Crippen molar-refractivity contribution in [3.8, 4) is 11.5 Å². The van der Waals surface area contributed by atoms with Crippen LogP contribution in [0.25, 0.3) is 11.0 Å². The molecule has 6 rings (SSSR count). The number of carbonyl (C=O) groups is 1. The Labute approximate surface area is 239 Å². The number of benzene rings is 3. The van der Waals surface area contributed by atoms with Crippen LogP contribution in [0.15, 0.2) is 75.9 Å². The number of halogens is 1. The maximum atomic E-state index is 13.9. The molecule has 2 aromatic heterocycles. The number of carbonyl (C=O) groups excluding carboxylic acids is 1. The van der Waals surface area contributed by atoms with Crippen LogP contribution in [-0.4, -0.2) is 17.5 Å². The minimum absolute atomic E-state index is 0.00214. The maximum Gasteiger partial charge on any atom is 0.297 e. The SMILES string of the molecule is CCOc1cc(C2c3c(oc4ccc(Cl)cc4c3=O)C(=O)N2c2nc(C)c(C)s2)ccc1OCc1ccccc1. The van der Waals surface area contributed by atoms with Crippen molar-refractivity contribution >= 4 is 44.9 Å². The summed E-state index contributed by atoms with van der Waals surface area (Å²) in [6.45, 7) is 6.51. The van der Waals surface area contributed by atoms with Crippen LogP contribution in [0.3, 0.4) is 0 Å². The zero-order chi connectivity index (χ0) is 28.0. The molecule has 3 heterocycles. The summed E-state index contributed by atoms with van der Waals surface area (Å²) in [6, 6.07) is 19.3. The van der Waals surface area contributed by atoms with E-state index >= 15 is 0 Å². The fourth-order valence-corrected chi connectivity index (χ4v) is 5.94. The predicted molar refractivity (Wildman–Crippen MR) is 156 cm³/mol. The number of amides is 1. The van der Waals surface area contributed by atoms with Crippen molar-refractivity contribution < 1.29 is 18.7 Å². The molecule has 0 spiro atoms. The summed E-state index contributed by atoms with van der Waals surface area (Å²) < 4.78 is 18.1. The Bertz CT molecular complexity index is 1800. The molecule has 1 aliphatic heterocycles. The molecule has 0 radical (unpaired) electrons. The fourth-order valence-electron chi connectivity index (χ4n) is 4.83. The second kappa shape index (κ2) is 10.4. The van der Waals surface area contributed by atoms with E-state index in [1.54, 1.807) is 18.2 Å². The van der Waals surface area contributed by atoms with E-state index in [0.717, 1.165) is 16.1 Å². The van der Waals surface area contributed by atoms with Gasteiger partial charge in [0.25, 0.3) is 5.91 Å². The molecule has 3 aromatic carbocycles. The van der Waals surface area contributed by atoms with Crippen molar-refractivity contribution in [2.24, 2.45) is 0 Å². The number of rotatable bonds is 7. The third-order valence-corrected chi connectivity index (χ3v) is 8.18. The number of nitrogens with zero attached hydrogens (tertiary/aromatic N) is 2. The summed E-state index contributed by atoms with van der Waals surface area (Å²) in [5.41, 5.74) is 2.74. The smallest absolute Gasteiger partial charge is 0.297 e. The lowest BCUT2D eigenvalue weighted by Gasteiger charge is -2.23. The highest BCUT2D eigenvalue weighted by Gasteiger charge is 2.45. The van der Waals surface area contributed by atoms with E-state index in [2.05, 4.69) is 4.98 Å². The summed E-state index contributed by atoms with van der Waals surface area (Å²) in [5, 5.41) is 1.20. The monoisotopic (exact) mass is 572 g/mol. The molecular weight excluding hydrogens is 548 g/mol. The lowest BCUT2D eigenvalue weighted by atomic mass is 9.98. The minimum Gasteiger partial charge on any atom is -0.490 e. The number of aromatic nitrogens is 1. The van der Waals surface area contributed by atoms with Crippen LogP contribution >= 0.6 is 22.9 Å². The highest BCUT2D eigenvalue weighted by Crippen LogP contribution is 2.45. The van der Waals surface area contributed by atoms with E-state index in [1.807, 2.05) is 69.3 Å². The molecule has 1 unspecified atom stereocenters. The van der Waals surface area contributed by atoms with Crippen molar-refractivity contribution in [1.82, 2.24) is 4.98 Å². The number of thiazole rings is 1. The van der Waals surface area contributed by atoms with Gasteiger partial charge in [0.1, 0.15) is 12.2 Å². The number of hydrogen-bond acceptors (Lipinski definition) is 7. The summed E-state index contributed by atoms with van der Waals surface area (Å²) >= 11 is 7.61. The van der Waals surface area contributed by atoms with Gasteiger partial charge in [-0.25, -0.2) is 4.98 Å². The van der Waals surface area contributed by atoms with E-state index in [-0.39, 0.29) is 16.8 Å². The highest BCUT2D eigenvalue weighted by molar-refractivity contribution is 7.15. The van der Waals surface area contributed by atoms with E-state index in [9.17, 15) is 9.59 Å². The van der Waals surface area contributed by atoms with Gasteiger partial charge in [-0.15, -0.1) is 11.3 Å². The van der Waals surface area contributed by atoms with Crippen molar-refractivity contribution in [1.29, 1.82) is 0 Å². The van der Waals surface area contributed by atoms with Crippen LogP contribution in [0.5, 0.6) is 11.5 Å². The summed E-state index contributed by atoms with van der Waals surface area (Å²) in [4.78, 5) is 35.0. The average molecular weight is 573 g/mol. The van der Waals surface area contributed by atoms with Crippen LogP contribution in [0.4, 0.5) is 5.13 Å². The fraction of sp³-hybridized carbons (Fsp3) is 0.194. The molecule has 0 bridgehead atoms. The first kappa shape index (κ1) is 26.1. The third kappa shape index (κ3) is 4.53. The lowest BCUT2D eigenvalue weighted by molar-refractivity contribution is 0.0971. The lowest BCUT2D eigenvalue weighted by Crippen LogP contribution is -2.29. The van der Waals surface area contributed by atoms with Crippen LogP contribution in [-0.2, 0) is 6.61 Å². The maximum absolute atomic E-state index is 13.9. The van der Waals surface area contributed by atoms with Gasteiger partial charge in [-0.2, -0.15) is 0 Å². The Morgan fingerprint density at radius 1 is 1.00 bits per heavy atom. The molecule has 1 atom stereocenters. The van der Waals surface area contributed by atoms with Gasteiger partial charge in [-0.05, 0) is 62.2 Å². The van der Waals surface area contributed by atoms with Crippen LogP contribution in [0.1, 0.15) is 50.8 Å². The van der Waals surface area contributed by atoms with Gasteiger partial charge in [0, 0.05) is 9.90 Å². The molecule has 0 aliphatic carbocycles. The van der Waals surface area contributed by atoms with Gasteiger partial charge in [0.05, 0.1) is 29.3 Å². The van der Waals surface area contributed by atoms with Crippen molar-refractivity contribution in [2.45, 2.75) is 33.4 Å². The molecule has 1 amide bonds. The van der Waals surface area contributed by atoms with Gasteiger partial charge in [-0.1, -0.05) is 48.0 Å². The molecule has 9 heteroatoms. The summed E-state index contributed by atoms with van der Waals surface area (Å²) in [6.07, 6.45) is 0. The van der Waals surface area contributed by atoms with Gasteiger partial charge >= 0.3 is 0 Å². The van der Waals surface area contributed by atoms with Crippen LogP contribution in [0, 0.1) is 13.8 Å². The standard InChI is InChI=1S/C31H25ClN2O5S/c1-4-37-25-14-20(10-12-24(25)38-16-19-8-6-5-7-9-19)27-26-28(35)22-15-21(32)11-13-23(22)39-29(26)30(36)34(27)31-33-17(2)18(3)40-31/h5-15,27H,4,16H2,1-3H3. The second-order valence-electron chi connectivity index (χ2n) is 9.44. The number of hydrogen-bond donors (Lipinski definition) is 0. The normalized spacial score (nSPS) is 14.6. The number of aryl methyl sites for hydroxylation is 2. The Kier molecular flexibility index (Phi) is 6.82. The van der Waals surface area contributed by atoms with Crippen molar-refractivity contribution in [3.63, 3.8) is 0 Å². The number of ether oxygens (including phenoxy) is 2. The first-order valence-electron chi connectivity index (χ1n) is 12.8. The molecule has 0 saturated heterocycles. The molecule has 0 saturated carbocycles. The zero-order valence-corrected chi connectivity index (χ0v) is 23.6. The molecule has 5 aromatic rings. The highest BCUT2D eigenvalue weighted by atomic mass is 35.5. The molecule has 7 nitrogen and oxygen atoms in total. The van der Waals surface area contributed by atoms with Gasteiger partial charge in [0.15, 0.2) is 22.1 Å². The van der Waals surface area contributed by atoms with Crippen LogP contribution in [0.2, 0.25) is 5.02 Å². The van der Waals surface area contributed by atoms with E-state index < -0.39 is 11.9 Å². The van der Waals surface area contributed by atoms with Gasteiger partial charge < -0.3 is 13.9 Å². The van der Waals surface area contributed by atoms with E-state index in [1.165, 1.54) is 16.2 Å². The summed E-state index contributed by atoms with van der Waals surface area (Å²) in [5.74, 6) is 0.642. The molecule has 202 valence electrons. The molecular formula is C31H25ClN2O5S. The quantitative estimate of drug-likeness (QED) is 0.204. The van der Waals surface area contributed by atoms with Crippen molar-refractivity contribution in [2.75, 3.05) is 11.5 Å². The number of anilines is 1. The van der Waals surface area contributed by atoms with E-state index in [0.29, 0.717) is 51.4 Å². The Hall–Kier alpha value is -4.14. The Morgan fingerprint density at radius 2 is 1.80 bits per heavy atom. The molecule has 1 aliphatic rings. The predicted octanol–water partition coefficient (Wildman–Crippen LogP) is 7.25. The topological polar surface area (TPSA) is 81.9 Å². The molecule has 40 heavy (non-hydrogen) atoms. The zero-order valence-electron chi connectivity index (χ0n) is 22.1. The first-order chi connectivity index (χ1) is 19.4. The summed E-state index contributed by atoms with van der Waals surface area (Å²) in [7, 11) is 0. The largest absolute Gasteiger partial charge is 0.490 e. The van der Waals surface area contributed by atoms with E-state index in [4.69, 9.17) is 25.5 Å². The molecule has 0 fully saturated rings. The number of fused-ring (bicyclic) bond motifs is 2. The minimum atomic E-state index is -0.783. The molecule has 0 N–H and O–H groups in total. The first-order valence-corrected chi connectivity index (χ1v) is 14.0. The van der Waals surface area contributed by atoms with Crippen LogP contribution < -0.4 is 19.8 Å². The Morgan fingerprint density at radius 3 is 2.52 bits per heavy atom. The average Bonchev–Trinajstić information content (AvgIpc) is 3.44. The van der Waals surface area contributed by atoms with Gasteiger partial charge in [0.2, 0.25) is 5.76 Å². The second-order valence-corrected chi connectivity index (χ2v) is 11.1. The van der Waals surface area contributed by atoms with Gasteiger partial charge in [-0.3, -0.25) is 14.5 Å². The van der Waals surface area contributed by atoms with Crippen molar-refractivity contribution in [3.05, 3.63) is 115 Å². The third-order valence-electron chi connectivity index (χ3n) is 6.88.